The highest BCUT2D eigenvalue weighted by molar-refractivity contribution is 5.62. The number of oxazole rings is 1. The van der Waals surface area contributed by atoms with Crippen LogP contribution in [0.1, 0.15) is 37.3 Å². The van der Waals surface area contributed by atoms with Crippen LogP contribution in [0.3, 0.4) is 0 Å². The topological polar surface area (TPSA) is 77.7 Å². The number of nitrogens with one attached hydrogen (secondary N) is 1. The Morgan fingerprint density at radius 2 is 2.03 bits per heavy atom. The van der Waals surface area contributed by atoms with Crippen LogP contribution in [0.5, 0.6) is 0 Å². The van der Waals surface area contributed by atoms with Crippen LogP contribution >= 0.6 is 0 Å². The van der Waals surface area contributed by atoms with Gasteiger partial charge in [-0.05, 0) is 73.9 Å². The van der Waals surface area contributed by atoms with Gasteiger partial charge in [0.1, 0.15) is 5.69 Å². The van der Waals surface area contributed by atoms with E-state index < -0.39 is 0 Å². The summed E-state index contributed by atoms with van der Waals surface area (Å²) in [5.74, 6) is 1.56. The molecule has 2 N–H and O–H groups in total. The fourth-order valence-corrected chi connectivity index (χ4v) is 6.60. The van der Waals surface area contributed by atoms with Crippen molar-refractivity contribution < 1.29 is 9.52 Å². The fourth-order valence-electron chi connectivity index (χ4n) is 6.60. The predicted octanol–water partition coefficient (Wildman–Crippen LogP) is 4.33. The molecule has 2 fully saturated rings. The first kappa shape index (κ1) is 23.5. The molecule has 6 rings (SSSR count). The summed E-state index contributed by atoms with van der Waals surface area (Å²) in [6, 6.07) is 13.3. The summed E-state index contributed by atoms with van der Waals surface area (Å²) >= 11 is 0. The number of aryl methyl sites for hydroxylation is 1. The molecule has 36 heavy (non-hydrogen) atoms. The number of aromatic nitrogens is 2. The maximum absolute atomic E-state index is 11.1. The number of rotatable bonds is 5. The van der Waals surface area contributed by atoms with Gasteiger partial charge in [-0.25, -0.2) is 4.98 Å². The molecule has 0 saturated carbocycles. The summed E-state index contributed by atoms with van der Waals surface area (Å²) in [5, 5.41) is 14.8. The molecule has 0 amide bonds. The minimum absolute atomic E-state index is 0.222. The van der Waals surface area contributed by atoms with Gasteiger partial charge >= 0.3 is 0 Å². The van der Waals surface area contributed by atoms with Crippen molar-refractivity contribution in [1.29, 1.82) is 0 Å². The van der Waals surface area contributed by atoms with Crippen molar-refractivity contribution in [3.8, 4) is 11.5 Å². The van der Waals surface area contributed by atoms with E-state index in [0.29, 0.717) is 23.6 Å². The molecule has 2 saturated heterocycles. The van der Waals surface area contributed by atoms with Gasteiger partial charge in [0.2, 0.25) is 0 Å². The lowest BCUT2D eigenvalue weighted by molar-refractivity contribution is 0.0242. The summed E-state index contributed by atoms with van der Waals surface area (Å²) in [6.45, 7) is 10.1. The number of likely N-dealkylation sites (tertiary alicyclic amines) is 1. The minimum Gasteiger partial charge on any atom is -0.422 e. The van der Waals surface area contributed by atoms with Gasteiger partial charge in [-0.1, -0.05) is 25.1 Å². The van der Waals surface area contributed by atoms with Crippen molar-refractivity contribution in [2.24, 2.45) is 11.8 Å². The Bertz CT molecular complexity index is 1190. The number of hydrogen-bond donors (Lipinski definition) is 2. The zero-order valence-electron chi connectivity index (χ0n) is 21.4. The molecule has 5 heterocycles. The van der Waals surface area contributed by atoms with Crippen LogP contribution in [-0.4, -0.2) is 65.3 Å². The number of aliphatic hydroxyl groups excluding tert-OH is 1. The first-order valence-corrected chi connectivity index (χ1v) is 13.4. The number of fused-ring (bicyclic) bond motifs is 2. The van der Waals surface area contributed by atoms with Gasteiger partial charge in [0.15, 0.2) is 5.76 Å². The smallest absolute Gasteiger partial charge is 0.297 e. The van der Waals surface area contributed by atoms with Crippen LogP contribution in [-0.2, 0) is 5.41 Å². The number of nitrogens with zero attached hydrogens (tertiary/aromatic N) is 4. The van der Waals surface area contributed by atoms with Crippen molar-refractivity contribution in [3.63, 3.8) is 0 Å². The molecule has 190 valence electrons. The summed E-state index contributed by atoms with van der Waals surface area (Å²) in [7, 11) is 0. The lowest BCUT2D eigenvalue weighted by Crippen LogP contribution is -2.52. The second kappa shape index (κ2) is 9.52. The van der Waals surface area contributed by atoms with Gasteiger partial charge in [-0.2, -0.15) is 0 Å². The van der Waals surface area contributed by atoms with Crippen LogP contribution in [0.25, 0.3) is 11.5 Å². The largest absolute Gasteiger partial charge is 0.422 e. The highest BCUT2D eigenvalue weighted by Gasteiger charge is 2.46. The zero-order valence-corrected chi connectivity index (χ0v) is 21.4. The highest BCUT2D eigenvalue weighted by Crippen LogP contribution is 2.47. The van der Waals surface area contributed by atoms with Gasteiger partial charge in [-0.3, -0.25) is 4.98 Å². The molecule has 1 aromatic carbocycles. The van der Waals surface area contributed by atoms with Crippen molar-refractivity contribution in [3.05, 3.63) is 59.9 Å². The number of aliphatic hydroxyl groups is 1. The van der Waals surface area contributed by atoms with E-state index in [1.165, 1.54) is 16.8 Å². The van der Waals surface area contributed by atoms with Crippen LogP contribution in [0.15, 0.2) is 53.2 Å². The quantitative estimate of drug-likeness (QED) is 0.555. The van der Waals surface area contributed by atoms with Crippen molar-refractivity contribution in [1.82, 2.24) is 14.9 Å². The Balaban J connectivity index is 1.02. The molecule has 3 atom stereocenters. The Hall–Kier alpha value is -2.90. The van der Waals surface area contributed by atoms with E-state index in [1.807, 2.05) is 18.2 Å². The first-order valence-electron chi connectivity index (χ1n) is 13.4. The third-order valence-electron chi connectivity index (χ3n) is 8.87. The molecule has 2 unspecified atom stereocenters. The fraction of sp³-hybridized carbons (Fsp3) is 0.517. The molecule has 7 heteroatoms. The van der Waals surface area contributed by atoms with Crippen LogP contribution in [0, 0.1) is 18.8 Å². The monoisotopic (exact) mass is 487 g/mol. The van der Waals surface area contributed by atoms with Gasteiger partial charge in [0.25, 0.3) is 6.01 Å². The van der Waals surface area contributed by atoms with Crippen LogP contribution < -0.4 is 10.2 Å². The van der Waals surface area contributed by atoms with Crippen molar-refractivity contribution in [2.45, 2.75) is 44.6 Å². The average Bonchev–Trinajstić information content (AvgIpc) is 3.53. The molecule has 3 aromatic rings. The van der Waals surface area contributed by atoms with Crippen molar-refractivity contribution in [2.75, 3.05) is 49.5 Å². The molecule has 0 aliphatic carbocycles. The van der Waals surface area contributed by atoms with Gasteiger partial charge < -0.3 is 24.6 Å². The van der Waals surface area contributed by atoms with E-state index in [1.54, 1.807) is 12.4 Å². The second-order valence-corrected chi connectivity index (χ2v) is 11.1. The number of benzene rings is 1. The Morgan fingerprint density at radius 1 is 1.17 bits per heavy atom. The third-order valence-corrected chi connectivity index (χ3v) is 8.87. The molecule has 2 aromatic heterocycles. The minimum atomic E-state index is -0.293. The van der Waals surface area contributed by atoms with Crippen LogP contribution in [0.2, 0.25) is 0 Å². The lowest BCUT2D eigenvalue weighted by atomic mass is 9.67. The number of anilines is 2. The number of β-amino-alcohol motifs (C(OH)–C–C–N with tert-alkyl or cyclic N) is 1. The maximum Gasteiger partial charge on any atom is 0.297 e. The van der Waals surface area contributed by atoms with E-state index >= 15 is 0 Å². The molecular weight excluding hydrogens is 450 g/mol. The molecule has 0 bridgehead atoms. The SMILES string of the molecule is Cc1ccc2c(c1)NC[C@@]21CCN(CC(O)C2CCN(c3ncc(-c4ccccn4)o3)CC2)CC1C. The van der Waals surface area contributed by atoms with Crippen LogP contribution in [0.4, 0.5) is 11.7 Å². The molecule has 3 aliphatic heterocycles. The van der Waals surface area contributed by atoms with E-state index in [-0.39, 0.29) is 11.5 Å². The van der Waals surface area contributed by atoms with Gasteiger partial charge in [0.05, 0.1) is 12.3 Å². The third kappa shape index (κ3) is 4.28. The summed E-state index contributed by atoms with van der Waals surface area (Å²) < 4.78 is 5.99. The van der Waals surface area contributed by atoms with E-state index in [2.05, 4.69) is 57.1 Å². The molecule has 1 spiro atoms. The second-order valence-electron chi connectivity index (χ2n) is 11.1. The predicted molar refractivity (Wildman–Crippen MR) is 142 cm³/mol. The Kier molecular flexibility index (Phi) is 6.21. The van der Waals surface area contributed by atoms with E-state index in [9.17, 15) is 5.11 Å². The van der Waals surface area contributed by atoms with Gasteiger partial charge in [-0.15, -0.1) is 0 Å². The number of pyridine rings is 1. The maximum atomic E-state index is 11.1. The molecular formula is C29H37N5O2. The molecule has 7 nitrogen and oxygen atoms in total. The zero-order chi connectivity index (χ0) is 24.7. The first-order chi connectivity index (χ1) is 17.5. The molecule has 0 radical (unpaired) electrons. The Labute approximate surface area is 213 Å². The standard InChI is InChI=1S/C29H37N5O2/c1-20-6-7-23-25(15-20)32-19-29(23)10-14-33(17-21(29)2)18-26(35)22-8-12-34(13-9-22)28-31-16-27(36-28)24-5-3-4-11-30-24/h3-7,11,15-16,21-22,26,32,35H,8-10,12-14,17-19H2,1-2H3/t21?,26?,29-/m1/s1. The lowest BCUT2D eigenvalue weighted by Gasteiger charge is -2.46. The number of hydrogen-bond acceptors (Lipinski definition) is 7. The summed E-state index contributed by atoms with van der Waals surface area (Å²) in [4.78, 5) is 13.5. The highest BCUT2D eigenvalue weighted by atomic mass is 16.4. The number of piperidine rings is 2. The molecule has 3 aliphatic rings. The van der Waals surface area contributed by atoms with Crippen molar-refractivity contribution >= 4 is 11.7 Å². The van der Waals surface area contributed by atoms with E-state index in [0.717, 1.165) is 64.2 Å². The summed E-state index contributed by atoms with van der Waals surface area (Å²) in [5.41, 5.74) is 5.14. The normalized spacial score (nSPS) is 25.6. The Morgan fingerprint density at radius 3 is 2.81 bits per heavy atom. The average molecular weight is 488 g/mol. The summed E-state index contributed by atoms with van der Waals surface area (Å²) in [6.07, 6.45) is 6.27. The van der Waals surface area contributed by atoms with Gasteiger partial charge in [0, 0.05) is 50.0 Å². The van der Waals surface area contributed by atoms with E-state index in [4.69, 9.17) is 4.42 Å².